The third-order valence-electron chi connectivity index (χ3n) is 1.74. The van der Waals surface area contributed by atoms with E-state index in [4.69, 9.17) is 0 Å². The monoisotopic (exact) mass is 346 g/mol. The SMILES string of the molecule is [O]=[Cr](=[O])([O-])[O][Cr](=[O])(=[O])[O-].c1ccc2[nH+]cccc2c1. The summed E-state index contributed by atoms with van der Waals surface area (Å²) < 4.78 is 58.9. The van der Waals surface area contributed by atoms with Gasteiger partial charge in [-0.05, 0) is 12.1 Å². The number of aromatic amines is 1. The van der Waals surface area contributed by atoms with Crippen molar-refractivity contribution >= 4 is 10.9 Å². The average Bonchev–Trinajstić information content (AvgIpc) is 2.25. The quantitative estimate of drug-likeness (QED) is 0.660. The van der Waals surface area contributed by atoms with Crippen LogP contribution >= 0.6 is 0 Å². The fourth-order valence-electron chi connectivity index (χ4n) is 1.17. The molecule has 0 atom stereocenters. The largest absolute Gasteiger partial charge is 0.211 e. The van der Waals surface area contributed by atoms with Gasteiger partial charge in [0.1, 0.15) is 0 Å². The van der Waals surface area contributed by atoms with E-state index in [0.717, 1.165) is 0 Å². The predicted octanol–water partition coefficient (Wildman–Crippen LogP) is -1.27. The zero-order valence-electron chi connectivity index (χ0n) is 9.22. The van der Waals surface area contributed by atoms with Crippen LogP contribution in [-0.2, 0) is 45.3 Å². The van der Waals surface area contributed by atoms with E-state index in [1.807, 2.05) is 24.4 Å². The third kappa shape index (κ3) is 7.06. The van der Waals surface area contributed by atoms with Crippen LogP contribution in [0.5, 0.6) is 0 Å². The standard InChI is InChI=1S/C9H7N.2Cr.7O/c1-2-6-9-8(4-1)5-3-7-10-9;;;;;;;;;/h1-7H;;;;;;;;;/q;;;;;;;;2*-1/p+1. The molecule has 8 nitrogen and oxygen atoms in total. The Labute approximate surface area is 112 Å². The predicted molar refractivity (Wildman–Crippen MR) is 44.3 cm³/mol. The van der Waals surface area contributed by atoms with E-state index < -0.39 is 27.2 Å². The summed E-state index contributed by atoms with van der Waals surface area (Å²) in [6.45, 7) is 0. The van der Waals surface area contributed by atoms with Crippen LogP contribution in [0.25, 0.3) is 10.9 Å². The fraction of sp³-hybridized carbons (Fsp3) is 0. The smallest absolute Gasteiger partial charge is 0.210 e. The molecule has 1 aromatic heterocycles. The van der Waals surface area contributed by atoms with Gasteiger partial charge < -0.3 is 0 Å². The average molecular weight is 346 g/mol. The molecule has 0 amide bonds. The van der Waals surface area contributed by atoms with Crippen LogP contribution in [0.1, 0.15) is 0 Å². The van der Waals surface area contributed by atoms with Gasteiger partial charge in [-0.3, -0.25) is 0 Å². The Morgan fingerprint density at radius 1 is 0.895 bits per heavy atom. The second-order valence-corrected chi connectivity index (χ2v) is 6.78. The molecule has 0 bridgehead atoms. The van der Waals surface area contributed by atoms with Crippen LogP contribution in [0.15, 0.2) is 42.6 Å². The molecule has 0 fully saturated rings. The number of H-pyrrole nitrogens is 1. The summed E-state index contributed by atoms with van der Waals surface area (Å²) in [7, 11) is 0. The number of fused-ring (bicyclic) bond motifs is 1. The van der Waals surface area contributed by atoms with Gasteiger partial charge in [0, 0.05) is 17.5 Å². The molecule has 2 rings (SSSR count). The summed E-state index contributed by atoms with van der Waals surface area (Å²) in [4.78, 5) is 3.15. The van der Waals surface area contributed by atoms with Crippen LogP contribution in [0.2, 0.25) is 0 Å². The number of rotatable bonds is 2. The Kier molecular flexibility index (Phi) is 5.24. The number of hydrogen-bond acceptors (Lipinski definition) is 7. The van der Waals surface area contributed by atoms with Gasteiger partial charge in [0.25, 0.3) is 0 Å². The topological polar surface area (TPSA) is 138 Å². The summed E-state index contributed by atoms with van der Waals surface area (Å²) in [5.74, 6) is 0. The van der Waals surface area contributed by atoms with Crippen molar-refractivity contribution in [3.8, 4) is 0 Å². The first-order valence-electron chi connectivity index (χ1n) is 4.65. The van der Waals surface area contributed by atoms with Crippen LogP contribution < -0.4 is 13.3 Å². The van der Waals surface area contributed by atoms with Crippen molar-refractivity contribution in [2.24, 2.45) is 0 Å². The van der Waals surface area contributed by atoms with Gasteiger partial charge in [-0.25, -0.2) is 4.98 Å². The molecule has 0 saturated heterocycles. The molecule has 0 aliphatic carbocycles. The molecule has 0 aliphatic heterocycles. The summed E-state index contributed by atoms with van der Waals surface area (Å²) in [6, 6.07) is 12.3. The Balaban J connectivity index is 0.000000192. The molecule has 1 aromatic carbocycles. The van der Waals surface area contributed by atoms with E-state index in [0.29, 0.717) is 0 Å². The van der Waals surface area contributed by atoms with Crippen molar-refractivity contribution in [3.63, 3.8) is 0 Å². The van der Waals surface area contributed by atoms with Crippen LogP contribution in [-0.4, -0.2) is 0 Å². The summed E-state index contributed by atoms with van der Waals surface area (Å²) in [6.07, 6.45) is 1.93. The maximum absolute atomic E-state index is 9.38. The molecule has 0 unspecified atom stereocenters. The second-order valence-electron chi connectivity index (χ2n) is 3.14. The minimum atomic E-state index is -6.07. The first kappa shape index (κ1) is 15.8. The van der Waals surface area contributed by atoms with Crippen molar-refractivity contribution in [2.45, 2.75) is 0 Å². The van der Waals surface area contributed by atoms with Gasteiger partial charge in [0.15, 0.2) is 6.20 Å². The van der Waals surface area contributed by atoms with E-state index in [1.165, 1.54) is 10.9 Å². The summed E-state index contributed by atoms with van der Waals surface area (Å²) in [5.41, 5.74) is 1.19. The van der Waals surface area contributed by atoms with E-state index in [9.17, 15) is 23.5 Å². The number of nitrogens with one attached hydrogen (secondary N) is 1. The first-order valence-corrected chi connectivity index (χ1v) is 8.82. The number of hydrogen-bond donors (Lipinski definition) is 0. The molecule has 0 saturated carbocycles. The molecule has 0 radical (unpaired) electrons. The number of para-hydroxylation sites is 1. The van der Waals surface area contributed by atoms with Crippen LogP contribution in [0.4, 0.5) is 0 Å². The van der Waals surface area contributed by atoms with Crippen molar-refractivity contribution in [2.75, 3.05) is 0 Å². The second kappa shape index (κ2) is 6.28. The molecular formula is C9H8Cr2NO7-. The van der Waals surface area contributed by atoms with E-state index in [2.05, 4.69) is 26.0 Å². The van der Waals surface area contributed by atoms with Crippen LogP contribution in [0, 0.1) is 0 Å². The van der Waals surface area contributed by atoms with Crippen molar-refractivity contribution in [1.29, 1.82) is 0 Å². The molecule has 19 heavy (non-hydrogen) atoms. The minimum absolute atomic E-state index is 1.19. The summed E-state index contributed by atoms with van der Waals surface area (Å²) in [5, 5.41) is 1.25. The zero-order valence-corrected chi connectivity index (χ0v) is 11.8. The van der Waals surface area contributed by atoms with Crippen molar-refractivity contribution < 1.29 is 58.6 Å². The third-order valence-corrected chi connectivity index (χ3v) is 4.40. The maximum atomic E-state index is 9.38. The minimum Gasteiger partial charge on any atom is -0.211 e. The molecule has 1 N–H and O–H groups in total. The normalized spacial score (nSPS) is 11.7. The molecule has 10 heteroatoms. The molecule has 0 aliphatic rings. The van der Waals surface area contributed by atoms with Gasteiger partial charge in [0.2, 0.25) is 5.52 Å². The number of benzene rings is 1. The molecule has 0 spiro atoms. The maximum Gasteiger partial charge on any atom is 0.210 e. The Bertz CT molecular complexity index is 659. The van der Waals surface area contributed by atoms with Gasteiger partial charge in [-0.15, -0.1) is 0 Å². The summed E-state index contributed by atoms with van der Waals surface area (Å²) >= 11 is -12.1. The van der Waals surface area contributed by atoms with Crippen LogP contribution in [0.3, 0.4) is 0 Å². The number of pyridine rings is 1. The van der Waals surface area contributed by atoms with Crippen molar-refractivity contribution in [1.82, 2.24) is 0 Å². The van der Waals surface area contributed by atoms with E-state index in [-0.39, 0.29) is 0 Å². The van der Waals surface area contributed by atoms with E-state index >= 15 is 0 Å². The Morgan fingerprint density at radius 3 is 1.89 bits per heavy atom. The molecule has 2 aromatic rings. The fourth-order valence-corrected chi connectivity index (χ4v) is 2.80. The van der Waals surface area contributed by atoms with Gasteiger partial charge >= 0.3 is 53.6 Å². The van der Waals surface area contributed by atoms with Gasteiger partial charge in [-0.1, -0.05) is 12.1 Å². The zero-order chi connectivity index (χ0) is 14.5. The van der Waals surface area contributed by atoms with E-state index in [1.54, 1.807) is 0 Å². The molecule has 104 valence electrons. The molecule has 1 heterocycles. The number of aromatic nitrogens is 1. The van der Waals surface area contributed by atoms with Gasteiger partial charge in [0.05, 0.1) is 0 Å². The van der Waals surface area contributed by atoms with Gasteiger partial charge in [-0.2, -0.15) is 0 Å². The molecular weight excluding hydrogens is 338 g/mol. The Hall–Kier alpha value is -1.23. The first-order chi connectivity index (χ1) is 8.67. The Morgan fingerprint density at radius 2 is 1.42 bits per heavy atom. The van der Waals surface area contributed by atoms with Crippen molar-refractivity contribution in [3.05, 3.63) is 42.6 Å².